The lowest BCUT2D eigenvalue weighted by atomic mass is 9.78. The van der Waals surface area contributed by atoms with Crippen LogP contribution in [0.3, 0.4) is 0 Å². The highest BCUT2D eigenvalue weighted by Crippen LogP contribution is 2.32. The van der Waals surface area contributed by atoms with Crippen molar-refractivity contribution < 1.29 is 14.7 Å². The van der Waals surface area contributed by atoms with Crippen LogP contribution in [0.25, 0.3) is 0 Å². The summed E-state index contributed by atoms with van der Waals surface area (Å²) in [4.78, 5) is 25.5. The zero-order valence-electron chi connectivity index (χ0n) is 12.0. The molecule has 20 heavy (non-hydrogen) atoms. The Morgan fingerprint density at radius 1 is 1.10 bits per heavy atom. The summed E-state index contributed by atoms with van der Waals surface area (Å²) < 4.78 is 0. The van der Waals surface area contributed by atoms with Crippen LogP contribution in [0, 0.1) is 18.8 Å². The van der Waals surface area contributed by atoms with Gasteiger partial charge in [-0.1, -0.05) is 30.5 Å². The maximum Gasteiger partial charge on any atom is 0.307 e. The molecule has 0 bridgehead atoms. The summed E-state index contributed by atoms with van der Waals surface area (Å²) in [6.07, 6.45) is 3.11. The molecule has 0 saturated heterocycles. The van der Waals surface area contributed by atoms with Crippen molar-refractivity contribution in [2.24, 2.45) is 11.8 Å². The van der Waals surface area contributed by atoms with Gasteiger partial charge >= 0.3 is 5.97 Å². The van der Waals surface area contributed by atoms with Crippen molar-refractivity contribution in [3.05, 3.63) is 29.8 Å². The molecule has 1 N–H and O–H groups in total. The predicted molar refractivity (Wildman–Crippen MR) is 77.7 cm³/mol. The number of carboxylic acid groups (broad SMARTS) is 1. The van der Waals surface area contributed by atoms with Crippen molar-refractivity contribution in [2.45, 2.75) is 32.6 Å². The number of aryl methyl sites for hydroxylation is 1. The van der Waals surface area contributed by atoms with Crippen LogP contribution in [0.1, 0.15) is 31.2 Å². The molecule has 1 saturated carbocycles. The number of anilines is 1. The van der Waals surface area contributed by atoms with Crippen LogP contribution >= 0.6 is 0 Å². The Hall–Kier alpha value is -1.84. The maximum atomic E-state index is 12.6. The fourth-order valence-corrected chi connectivity index (χ4v) is 2.87. The topological polar surface area (TPSA) is 57.6 Å². The average Bonchev–Trinajstić information content (AvgIpc) is 2.46. The number of aliphatic carboxylic acids is 1. The first-order valence-corrected chi connectivity index (χ1v) is 7.07. The highest BCUT2D eigenvalue weighted by molar-refractivity contribution is 5.96. The molecular weight excluding hydrogens is 254 g/mol. The fourth-order valence-electron chi connectivity index (χ4n) is 2.87. The number of benzene rings is 1. The lowest BCUT2D eigenvalue weighted by Gasteiger charge is -2.31. The van der Waals surface area contributed by atoms with Gasteiger partial charge in [0.2, 0.25) is 5.91 Å². The summed E-state index contributed by atoms with van der Waals surface area (Å²) >= 11 is 0. The minimum atomic E-state index is -0.847. The van der Waals surface area contributed by atoms with Gasteiger partial charge in [0, 0.05) is 12.7 Å². The van der Waals surface area contributed by atoms with Crippen molar-refractivity contribution in [3.63, 3.8) is 0 Å². The molecule has 0 heterocycles. The van der Waals surface area contributed by atoms with E-state index in [4.69, 9.17) is 0 Å². The van der Waals surface area contributed by atoms with Crippen molar-refractivity contribution >= 4 is 17.6 Å². The first kappa shape index (κ1) is 14.6. The van der Waals surface area contributed by atoms with Gasteiger partial charge in [-0.15, -0.1) is 0 Å². The number of hydrogen-bond donors (Lipinski definition) is 1. The molecule has 2 unspecified atom stereocenters. The summed E-state index contributed by atoms with van der Waals surface area (Å²) in [7, 11) is 1.72. The van der Waals surface area contributed by atoms with Crippen LogP contribution in [-0.4, -0.2) is 24.0 Å². The van der Waals surface area contributed by atoms with Crippen LogP contribution in [0.4, 0.5) is 5.69 Å². The third-order valence-corrected chi connectivity index (χ3v) is 4.15. The maximum absolute atomic E-state index is 12.6. The molecule has 1 aromatic rings. The molecule has 1 aliphatic carbocycles. The largest absolute Gasteiger partial charge is 0.481 e. The van der Waals surface area contributed by atoms with Crippen LogP contribution < -0.4 is 4.90 Å². The van der Waals surface area contributed by atoms with Gasteiger partial charge in [0.05, 0.1) is 11.8 Å². The molecule has 0 spiro atoms. The molecule has 4 heteroatoms. The molecule has 0 aromatic heterocycles. The highest BCUT2D eigenvalue weighted by atomic mass is 16.4. The Labute approximate surface area is 119 Å². The van der Waals surface area contributed by atoms with E-state index in [1.807, 2.05) is 31.2 Å². The van der Waals surface area contributed by atoms with Crippen LogP contribution in [-0.2, 0) is 9.59 Å². The first-order chi connectivity index (χ1) is 9.50. The summed E-state index contributed by atoms with van der Waals surface area (Å²) in [5.74, 6) is -1.86. The van der Waals surface area contributed by atoms with Gasteiger partial charge in [0.1, 0.15) is 0 Å². The zero-order chi connectivity index (χ0) is 14.7. The van der Waals surface area contributed by atoms with Crippen LogP contribution in [0.15, 0.2) is 24.3 Å². The molecular formula is C16H21NO3. The second-order valence-electron chi connectivity index (χ2n) is 5.57. The van der Waals surface area contributed by atoms with Crippen molar-refractivity contribution in [2.75, 3.05) is 11.9 Å². The Balaban J connectivity index is 2.16. The third-order valence-electron chi connectivity index (χ3n) is 4.15. The summed E-state index contributed by atoms with van der Waals surface area (Å²) in [6.45, 7) is 1.99. The summed E-state index contributed by atoms with van der Waals surface area (Å²) in [6, 6.07) is 7.70. The minimum absolute atomic E-state index is 0.0825. The quantitative estimate of drug-likeness (QED) is 0.922. The molecule has 0 radical (unpaired) electrons. The first-order valence-electron chi connectivity index (χ1n) is 7.07. The molecule has 2 atom stereocenters. The Kier molecular flexibility index (Phi) is 4.42. The Morgan fingerprint density at radius 2 is 1.65 bits per heavy atom. The Bertz CT molecular complexity index is 495. The minimum Gasteiger partial charge on any atom is -0.481 e. The third kappa shape index (κ3) is 3.00. The molecule has 1 amide bonds. The average molecular weight is 275 g/mol. The predicted octanol–water partition coefficient (Wildman–Crippen LogP) is 2.85. The normalized spacial score (nSPS) is 22.3. The lowest BCUT2D eigenvalue weighted by molar-refractivity contribution is -0.148. The van der Waals surface area contributed by atoms with E-state index in [1.54, 1.807) is 11.9 Å². The summed E-state index contributed by atoms with van der Waals surface area (Å²) in [5, 5.41) is 9.28. The number of carbonyl (C=O) groups is 2. The lowest BCUT2D eigenvalue weighted by Crippen LogP contribution is -2.40. The molecule has 1 aliphatic rings. The van der Waals surface area contributed by atoms with Gasteiger partial charge in [0.15, 0.2) is 0 Å². The van der Waals surface area contributed by atoms with E-state index < -0.39 is 17.8 Å². The number of carbonyl (C=O) groups excluding carboxylic acids is 1. The highest BCUT2D eigenvalue weighted by Gasteiger charge is 2.37. The SMILES string of the molecule is Cc1ccc(N(C)C(=O)C2CCCCC2C(=O)O)cc1. The number of rotatable bonds is 3. The number of carboxylic acids is 1. The standard InChI is InChI=1S/C16H21NO3/c1-11-7-9-12(10-8-11)17(2)15(18)13-5-3-4-6-14(13)16(19)20/h7-10,13-14H,3-6H2,1-2H3,(H,19,20). The molecule has 0 aliphatic heterocycles. The van der Waals surface area contributed by atoms with Crippen molar-refractivity contribution in [1.29, 1.82) is 0 Å². The van der Waals surface area contributed by atoms with Gasteiger partial charge in [-0.25, -0.2) is 0 Å². The Morgan fingerprint density at radius 3 is 2.20 bits per heavy atom. The molecule has 1 aromatic carbocycles. The van der Waals surface area contributed by atoms with Gasteiger partial charge in [-0.3, -0.25) is 9.59 Å². The monoisotopic (exact) mass is 275 g/mol. The molecule has 108 valence electrons. The number of amides is 1. The van der Waals surface area contributed by atoms with Gasteiger partial charge in [-0.2, -0.15) is 0 Å². The van der Waals surface area contributed by atoms with E-state index in [1.165, 1.54) is 0 Å². The van der Waals surface area contributed by atoms with E-state index >= 15 is 0 Å². The van der Waals surface area contributed by atoms with Crippen LogP contribution in [0.5, 0.6) is 0 Å². The smallest absolute Gasteiger partial charge is 0.307 e. The second kappa shape index (κ2) is 6.07. The van der Waals surface area contributed by atoms with Crippen molar-refractivity contribution in [1.82, 2.24) is 0 Å². The summed E-state index contributed by atoms with van der Waals surface area (Å²) in [5.41, 5.74) is 1.95. The zero-order valence-corrected chi connectivity index (χ0v) is 12.0. The molecule has 1 fully saturated rings. The van der Waals surface area contributed by atoms with E-state index in [2.05, 4.69) is 0 Å². The fraction of sp³-hybridized carbons (Fsp3) is 0.500. The van der Waals surface area contributed by atoms with Gasteiger partial charge < -0.3 is 10.0 Å². The van der Waals surface area contributed by atoms with E-state index in [9.17, 15) is 14.7 Å². The molecule has 4 nitrogen and oxygen atoms in total. The van der Waals surface area contributed by atoms with Gasteiger partial charge in [-0.05, 0) is 31.9 Å². The molecule has 2 rings (SSSR count). The van der Waals surface area contributed by atoms with Gasteiger partial charge in [0.25, 0.3) is 0 Å². The van der Waals surface area contributed by atoms with Crippen molar-refractivity contribution in [3.8, 4) is 0 Å². The van der Waals surface area contributed by atoms with Crippen LogP contribution in [0.2, 0.25) is 0 Å². The second-order valence-corrected chi connectivity index (χ2v) is 5.57. The number of nitrogens with zero attached hydrogens (tertiary/aromatic N) is 1. The van der Waals surface area contributed by atoms with E-state index in [-0.39, 0.29) is 5.91 Å². The van der Waals surface area contributed by atoms with E-state index in [0.717, 1.165) is 24.1 Å². The number of hydrogen-bond acceptors (Lipinski definition) is 2. The van der Waals surface area contributed by atoms with E-state index in [0.29, 0.717) is 12.8 Å².